The fraction of sp³-hybridized carbons (Fsp3) is 0.913. The normalized spacial score (nSPS) is 12.7. The molecular weight excluding hydrogens is 350 g/mol. The van der Waals surface area contributed by atoms with Gasteiger partial charge in [0.2, 0.25) is 0 Å². The second-order valence-corrected chi connectivity index (χ2v) is 8.60. The lowest BCUT2D eigenvalue weighted by Gasteiger charge is -2.30. The Morgan fingerprint density at radius 3 is 1.64 bits per heavy atom. The molecule has 0 aliphatic heterocycles. The average Bonchev–Trinajstić information content (AvgIpc) is 2.67. The summed E-state index contributed by atoms with van der Waals surface area (Å²) in [4.78, 5) is 0. The Labute approximate surface area is 173 Å². The highest BCUT2D eigenvalue weighted by Crippen LogP contribution is 2.13. The Kier molecular flexibility index (Phi) is 17.2. The van der Waals surface area contributed by atoms with Crippen molar-refractivity contribution < 1.29 is 14.3 Å². The number of nitriles is 2. The second-order valence-electron chi connectivity index (χ2n) is 8.60. The summed E-state index contributed by atoms with van der Waals surface area (Å²) in [5, 5.41) is 28.9. The van der Waals surface area contributed by atoms with E-state index in [2.05, 4.69) is 21.0 Å². The van der Waals surface area contributed by atoms with Gasteiger partial charge in [-0.25, -0.2) is 0 Å². The van der Waals surface area contributed by atoms with Crippen molar-refractivity contribution in [1.29, 1.82) is 10.5 Å². The predicted molar refractivity (Wildman–Crippen MR) is 112 cm³/mol. The molecule has 28 heavy (non-hydrogen) atoms. The molecule has 0 amide bonds. The van der Waals surface area contributed by atoms with Crippen molar-refractivity contribution >= 4 is 0 Å². The van der Waals surface area contributed by atoms with Crippen molar-refractivity contribution in [3.8, 4) is 12.1 Å². The molecule has 0 radical (unpaired) electrons. The van der Waals surface area contributed by atoms with E-state index in [1.807, 2.05) is 0 Å². The van der Waals surface area contributed by atoms with Crippen molar-refractivity contribution in [1.82, 2.24) is 0 Å². The fourth-order valence-corrected chi connectivity index (χ4v) is 3.43. The highest BCUT2D eigenvalue weighted by molar-refractivity contribution is 5.00. The van der Waals surface area contributed by atoms with Crippen molar-refractivity contribution in [3.63, 3.8) is 0 Å². The highest BCUT2D eigenvalue weighted by Gasteiger charge is 2.15. The molecular formula is C23H43N3O2. The standard InChI is InChI=1S/C23H43N3O2/c1-4-5-6-7-8-9-10-11-12-13-14-15-17-26(2,3)18-16-19-28-23(27)22(20-24)21-25/h22-23H,4-19H2,1-3H3. The Morgan fingerprint density at radius 2 is 1.18 bits per heavy atom. The van der Waals surface area contributed by atoms with Gasteiger partial charge in [-0.05, 0) is 12.8 Å². The van der Waals surface area contributed by atoms with E-state index in [4.69, 9.17) is 15.3 Å². The van der Waals surface area contributed by atoms with Crippen LogP contribution in [-0.2, 0) is 4.74 Å². The second kappa shape index (κ2) is 17.9. The molecule has 0 aliphatic carbocycles. The molecule has 1 atom stereocenters. The third-order valence-electron chi connectivity index (χ3n) is 5.36. The van der Waals surface area contributed by atoms with E-state index in [9.17, 15) is 5.11 Å². The zero-order chi connectivity index (χ0) is 21.1. The van der Waals surface area contributed by atoms with E-state index in [-0.39, 0.29) is 0 Å². The van der Waals surface area contributed by atoms with Crippen molar-refractivity contribution in [2.45, 2.75) is 96.7 Å². The molecule has 0 aromatic carbocycles. The lowest BCUT2D eigenvalue weighted by molar-refractivity contribution is -0.890. The summed E-state index contributed by atoms with van der Waals surface area (Å²) in [7, 11) is 4.42. The lowest BCUT2D eigenvalue weighted by atomic mass is 10.1. The molecule has 5 nitrogen and oxygen atoms in total. The summed E-state index contributed by atoms with van der Waals surface area (Å²) < 4.78 is 6.01. The number of hydrogen-bond donors (Lipinski definition) is 0. The molecule has 0 bridgehead atoms. The van der Waals surface area contributed by atoms with Crippen LogP contribution >= 0.6 is 0 Å². The molecule has 0 spiro atoms. The Balaban J connectivity index is 3.53. The predicted octanol–water partition coefficient (Wildman–Crippen LogP) is 4.52. The summed E-state index contributed by atoms with van der Waals surface area (Å²) in [6.07, 6.45) is 15.6. The molecule has 0 fully saturated rings. The van der Waals surface area contributed by atoms with Gasteiger partial charge in [0, 0.05) is 12.7 Å². The van der Waals surface area contributed by atoms with Crippen LogP contribution in [0.4, 0.5) is 0 Å². The van der Waals surface area contributed by atoms with Gasteiger partial charge in [-0.15, -0.1) is 0 Å². The number of unbranched alkanes of at least 4 members (excludes halogenated alkanes) is 11. The quantitative estimate of drug-likeness (QED) is 0.184. The van der Waals surface area contributed by atoms with Crippen LogP contribution in [0, 0.1) is 28.6 Å². The number of ether oxygens (including phenoxy) is 1. The van der Waals surface area contributed by atoms with E-state index in [0.717, 1.165) is 24.0 Å². The Bertz CT molecular complexity index is 426. The maximum atomic E-state index is 11.5. The smallest absolute Gasteiger partial charge is 0.144 e. The lowest BCUT2D eigenvalue weighted by Crippen LogP contribution is -2.42. The van der Waals surface area contributed by atoms with E-state index in [1.165, 1.54) is 77.0 Å². The van der Waals surface area contributed by atoms with Gasteiger partial charge in [-0.1, -0.05) is 71.1 Å². The third kappa shape index (κ3) is 15.9. The van der Waals surface area contributed by atoms with Crippen LogP contribution in [0.5, 0.6) is 0 Å². The molecule has 1 unspecified atom stereocenters. The van der Waals surface area contributed by atoms with E-state index in [1.54, 1.807) is 12.1 Å². The van der Waals surface area contributed by atoms with Crippen LogP contribution < -0.4 is 5.11 Å². The summed E-state index contributed by atoms with van der Waals surface area (Å²) >= 11 is 0. The first-order valence-corrected chi connectivity index (χ1v) is 11.4. The van der Waals surface area contributed by atoms with Crippen molar-refractivity contribution in [2.24, 2.45) is 5.92 Å². The number of nitrogens with zero attached hydrogens (tertiary/aromatic N) is 3. The number of rotatable bonds is 19. The van der Waals surface area contributed by atoms with Crippen LogP contribution in [0.25, 0.3) is 0 Å². The van der Waals surface area contributed by atoms with Crippen LogP contribution in [0.3, 0.4) is 0 Å². The topological polar surface area (TPSA) is 79.9 Å². The molecule has 0 aromatic heterocycles. The first kappa shape index (κ1) is 26.9. The number of quaternary nitrogens is 1. The summed E-state index contributed by atoms with van der Waals surface area (Å²) in [6, 6.07) is 3.34. The van der Waals surface area contributed by atoms with Gasteiger partial charge < -0.3 is 14.3 Å². The van der Waals surface area contributed by atoms with Crippen LogP contribution in [-0.4, -0.2) is 44.6 Å². The monoisotopic (exact) mass is 393 g/mol. The van der Waals surface area contributed by atoms with Gasteiger partial charge in [0.05, 0.1) is 45.9 Å². The van der Waals surface area contributed by atoms with Gasteiger partial charge in [0.1, 0.15) is 5.92 Å². The van der Waals surface area contributed by atoms with E-state index >= 15 is 0 Å². The molecule has 0 N–H and O–H groups in total. The molecule has 0 rings (SSSR count). The van der Waals surface area contributed by atoms with Gasteiger partial charge in [0.15, 0.2) is 0 Å². The molecule has 0 heterocycles. The van der Waals surface area contributed by atoms with E-state index < -0.39 is 12.2 Å². The van der Waals surface area contributed by atoms with Gasteiger partial charge in [-0.3, -0.25) is 0 Å². The summed E-state index contributed by atoms with van der Waals surface area (Å²) in [6.45, 7) is 4.65. The maximum absolute atomic E-state index is 11.5. The average molecular weight is 394 g/mol. The minimum Gasteiger partial charge on any atom is -0.829 e. The highest BCUT2D eigenvalue weighted by atomic mass is 16.6. The Hall–Kier alpha value is -1.14. The SMILES string of the molecule is CCCCCCCCCCCCCC[N+](C)(C)CCCOC([O-])C(C#N)C#N. The van der Waals surface area contributed by atoms with Gasteiger partial charge >= 0.3 is 0 Å². The molecule has 0 aromatic rings. The third-order valence-corrected chi connectivity index (χ3v) is 5.36. The molecule has 5 heteroatoms. The largest absolute Gasteiger partial charge is 0.829 e. The van der Waals surface area contributed by atoms with Gasteiger partial charge in [-0.2, -0.15) is 10.5 Å². The summed E-state index contributed by atoms with van der Waals surface area (Å²) in [5.41, 5.74) is 0. The first-order valence-electron chi connectivity index (χ1n) is 11.4. The molecule has 0 aliphatic rings. The van der Waals surface area contributed by atoms with Gasteiger partial charge in [0.25, 0.3) is 0 Å². The van der Waals surface area contributed by atoms with E-state index in [0.29, 0.717) is 6.61 Å². The minimum absolute atomic E-state index is 0.314. The molecule has 0 saturated heterocycles. The van der Waals surface area contributed by atoms with Crippen molar-refractivity contribution in [3.05, 3.63) is 0 Å². The fourth-order valence-electron chi connectivity index (χ4n) is 3.43. The van der Waals surface area contributed by atoms with Crippen LogP contribution in [0.1, 0.15) is 90.4 Å². The van der Waals surface area contributed by atoms with Crippen LogP contribution in [0.15, 0.2) is 0 Å². The Morgan fingerprint density at radius 1 is 0.750 bits per heavy atom. The summed E-state index contributed by atoms with van der Waals surface area (Å²) in [5.74, 6) is -1.22. The van der Waals surface area contributed by atoms with Crippen molar-refractivity contribution in [2.75, 3.05) is 33.8 Å². The zero-order valence-corrected chi connectivity index (χ0v) is 18.6. The molecule has 0 saturated carbocycles. The maximum Gasteiger partial charge on any atom is 0.144 e. The van der Waals surface area contributed by atoms with Crippen LogP contribution in [0.2, 0.25) is 0 Å². The zero-order valence-electron chi connectivity index (χ0n) is 18.6. The minimum atomic E-state index is -1.55. The number of hydrogen-bond acceptors (Lipinski definition) is 4. The molecule has 162 valence electrons. The first-order chi connectivity index (χ1) is 13.5.